The highest BCUT2D eigenvalue weighted by Crippen LogP contribution is 2.43. The quantitative estimate of drug-likeness (QED) is 0.640. The molecule has 0 aromatic carbocycles. The van der Waals surface area contributed by atoms with Crippen molar-refractivity contribution in [3.05, 3.63) is 0 Å². The molecular formula is C17H36N2. The summed E-state index contributed by atoms with van der Waals surface area (Å²) in [4.78, 5) is 2.56. The molecule has 0 aliphatic heterocycles. The van der Waals surface area contributed by atoms with E-state index >= 15 is 0 Å². The molecule has 0 bridgehead atoms. The molecule has 1 N–H and O–H groups in total. The van der Waals surface area contributed by atoms with Crippen molar-refractivity contribution in [1.29, 1.82) is 0 Å². The molecule has 0 atom stereocenters. The fraction of sp³-hybridized carbons (Fsp3) is 1.00. The van der Waals surface area contributed by atoms with Gasteiger partial charge in [0.25, 0.3) is 0 Å². The number of nitrogens with zero attached hydrogens (tertiary/aromatic N) is 1. The highest BCUT2D eigenvalue weighted by Gasteiger charge is 2.35. The van der Waals surface area contributed by atoms with Crippen LogP contribution in [0.3, 0.4) is 0 Å². The lowest BCUT2D eigenvalue weighted by Crippen LogP contribution is -2.38. The Morgan fingerprint density at radius 1 is 1.05 bits per heavy atom. The lowest BCUT2D eigenvalue weighted by atomic mass is 9.78. The third-order valence-electron chi connectivity index (χ3n) is 4.33. The second-order valence-electron chi connectivity index (χ2n) is 7.64. The molecular weight excluding hydrogens is 232 g/mol. The van der Waals surface area contributed by atoms with E-state index < -0.39 is 0 Å². The zero-order valence-electron chi connectivity index (χ0n) is 14.0. The topological polar surface area (TPSA) is 15.3 Å². The van der Waals surface area contributed by atoms with Crippen LogP contribution in [0.4, 0.5) is 0 Å². The van der Waals surface area contributed by atoms with Crippen LogP contribution in [0.2, 0.25) is 0 Å². The first-order chi connectivity index (χ1) is 8.93. The third kappa shape index (κ3) is 6.76. The highest BCUT2D eigenvalue weighted by molar-refractivity contribution is 4.87. The van der Waals surface area contributed by atoms with Crippen LogP contribution < -0.4 is 5.32 Å². The van der Waals surface area contributed by atoms with Gasteiger partial charge in [0.2, 0.25) is 0 Å². The van der Waals surface area contributed by atoms with Crippen LogP contribution in [0.5, 0.6) is 0 Å². The van der Waals surface area contributed by atoms with E-state index in [2.05, 4.69) is 45.0 Å². The molecule has 0 saturated heterocycles. The Bertz CT molecular complexity index is 229. The van der Waals surface area contributed by atoms with Gasteiger partial charge in [-0.1, -0.05) is 40.5 Å². The van der Waals surface area contributed by atoms with Crippen molar-refractivity contribution in [3.63, 3.8) is 0 Å². The van der Waals surface area contributed by atoms with Gasteiger partial charge in [-0.05, 0) is 50.1 Å². The van der Waals surface area contributed by atoms with Gasteiger partial charge in [-0.25, -0.2) is 0 Å². The van der Waals surface area contributed by atoms with E-state index in [-0.39, 0.29) is 0 Å². The van der Waals surface area contributed by atoms with Crippen molar-refractivity contribution in [3.8, 4) is 0 Å². The SMILES string of the molecule is CC(C)CNCCN(C)CC1(CC(C)C)CCCC1. The van der Waals surface area contributed by atoms with Gasteiger partial charge < -0.3 is 10.2 Å². The molecule has 0 unspecified atom stereocenters. The van der Waals surface area contributed by atoms with Gasteiger partial charge in [0.15, 0.2) is 0 Å². The van der Waals surface area contributed by atoms with Crippen molar-refractivity contribution >= 4 is 0 Å². The molecule has 1 saturated carbocycles. The summed E-state index contributed by atoms with van der Waals surface area (Å²) in [7, 11) is 2.30. The van der Waals surface area contributed by atoms with Crippen molar-refractivity contribution in [1.82, 2.24) is 10.2 Å². The van der Waals surface area contributed by atoms with E-state index in [1.807, 2.05) is 0 Å². The molecule has 0 heterocycles. The summed E-state index contributed by atoms with van der Waals surface area (Å²) in [5.74, 6) is 1.60. The Kier molecular flexibility index (Phi) is 7.38. The van der Waals surface area contributed by atoms with E-state index in [1.165, 1.54) is 45.2 Å². The molecule has 19 heavy (non-hydrogen) atoms. The van der Waals surface area contributed by atoms with Gasteiger partial charge in [0.1, 0.15) is 0 Å². The fourth-order valence-electron chi connectivity index (χ4n) is 3.73. The van der Waals surface area contributed by atoms with Crippen LogP contribution in [0.1, 0.15) is 59.8 Å². The predicted octanol–water partition coefficient (Wildman–Crippen LogP) is 3.77. The average molecular weight is 268 g/mol. The molecule has 0 aromatic rings. The van der Waals surface area contributed by atoms with E-state index in [0.29, 0.717) is 5.41 Å². The lowest BCUT2D eigenvalue weighted by molar-refractivity contribution is 0.148. The first-order valence-corrected chi connectivity index (χ1v) is 8.33. The van der Waals surface area contributed by atoms with Crippen molar-refractivity contribution in [2.45, 2.75) is 59.8 Å². The van der Waals surface area contributed by atoms with Gasteiger partial charge in [0.05, 0.1) is 0 Å². The molecule has 114 valence electrons. The summed E-state index contributed by atoms with van der Waals surface area (Å²) in [5, 5.41) is 3.55. The summed E-state index contributed by atoms with van der Waals surface area (Å²) >= 11 is 0. The van der Waals surface area contributed by atoms with E-state index in [4.69, 9.17) is 0 Å². The number of nitrogens with one attached hydrogen (secondary N) is 1. The molecule has 1 aliphatic rings. The van der Waals surface area contributed by atoms with Gasteiger partial charge in [-0.15, -0.1) is 0 Å². The lowest BCUT2D eigenvalue weighted by Gasteiger charge is -2.35. The summed E-state index contributed by atoms with van der Waals surface area (Å²) < 4.78 is 0. The molecule has 0 radical (unpaired) electrons. The maximum Gasteiger partial charge on any atom is 0.0104 e. The van der Waals surface area contributed by atoms with Crippen molar-refractivity contribution in [2.75, 3.05) is 33.2 Å². The zero-order chi connectivity index (χ0) is 14.3. The molecule has 0 spiro atoms. The second-order valence-corrected chi connectivity index (χ2v) is 7.64. The normalized spacial score (nSPS) is 18.9. The fourth-order valence-corrected chi connectivity index (χ4v) is 3.73. The Hall–Kier alpha value is -0.0800. The Balaban J connectivity index is 2.29. The number of hydrogen-bond donors (Lipinski definition) is 1. The largest absolute Gasteiger partial charge is 0.315 e. The molecule has 1 fully saturated rings. The first-order valence-electron chi connectivity index (χ1n) is 8.33. The van der Waals surface area contributed by atoms with Crippen LogP contribution in [0, 0.1) is 17.3 Å². The van der Waals surface area contributed by atoms with Gasteiger partial charge in [0, 0.05) is 19.6 Å². The number of likely N-dealkylation sites (N-methyl/N-ethyl adjacent to an activating group) is 1. The molecule has 2 nitrogen and oxygen atoms in total. The summed E-state index contributed by atoms with van der Waals surface area (Å²) in [6.45, 7) is 14.1. The highest BCUT2D eigenvalue weighted by atomic mass is 15.1. The molecule has 1 rings (SSSR count). The maximum atomic E-state index is 3.55. The molecule has 1 aliphatic carbocycles. The minimum Gasteiger partial charge on any atom is -0.315 e. The van der Waals surface area contributed by atoms with Crippen LogP contribution in [-0.4, -0.2) is 38.1 Å². The van der Waals surface area contributed by atoms with Gasteiger partial charge in [-0.2, -0.15) is 0 Å². The Morgan fingerprint density at radius 3 is 2.21 bits per heavy atom. The van der Waals surface area contributed by atoms with Crippen LogP contribution in [0.15, 0.2) is 0 Å². The van der Waals surface area contributed by atoms with E-state index in [0.717, 1.165) is 24.9 Å². The molecule has 0 aromatic heterocycles. The third-order valence-corrected chi connectivity index (χ3v) is 4.33. The Morgan fingerprint density at radius 2 is 1.68 bits per heavy atom. The minimum absolute atomic E-state index is 0.626. The molecule has 0 amide bonds. The monoisotopic (exact) mass is 268 g/mol. The zero-order valence-corrected chi connectivity index (χ0v) is 14.0. The second kappa shape index (κ2) is 8.26. The van der Waals surface area contributed by atoms with Crippen molar-refractivity contribution < 1.29 is 0 Å². The van der Waals surface area contributed by atoms with Crippen molar-refractivity contribution in [2.24, 2.45) is 17.3 Å². The Labute approximate surface area is 121 Å². The summed E-state index contributed by atoms with van der Waals surface area (Å²) in [6, 6.07) is 0. The summed E-state index contributed by atoms with van der Waals surface area (Å²) in [5.41, 5.74) is 0.626. The smallest absolute Gasteiger partial charge is 0.0104 e. The first kappa shape index (κ1) is 17.0. The maximum absolute atomic E-state index is 3.55. The van der Waals surface area contributed by atoms with Crippen LogP contribution in [-0.2, 0) is 0 Å². The van der Waals surface area contributed by atoms with Crippen LogP contribution in [0.25, 0.3) is 0 Å². The number of rotatable bonds is 9. The minimum atomic E-state index is 0.626. The number of hydrogen-bond acceptors (Lipinski definition) is 2. The van der Waals surface area contributed by atoms with Gasteiger partial charge in [-0.3, -0.25) is 0 Å². The van der Waals surface area contributed by atoms with Crippen LogP contribution >= 0.6 is 0 Å². The molecule has 2 heteroatoms. The predicted molar refractivity (Wildman–Crippen MR) is 85.6 cm³/mol. The van der Waals surface area contributed by atoms with E-state index in [9.17, 15) is 0 Å². The standard InChI is InChI=1S/C17H36N2/c1-15(2)12-17(8-6-7-9-17)14-19(5)11-10-18-13-16(3)4/h15-16,18H,6-14H2,1-5H3. The van der Waals surface area contributed by atoms with E-state index in [1.54, 1.807) is 0 Å². The van der Waals surface area contributed by atoms with Gasteiger partial charge >= 0.3 is 0 Å². The average Bonchev–Trinajstić information content (AvgIpc) is 2.71. The summed E-state index contributed by atoms with van der Waals surface area (Å²) in [6.07, 6.45) is 7.22.